The summed E-state index contributed by atoms with van der Waals surface area (Å²) >= 11 is 1.45. The summed E-state index contributed by atoms with van der Waals surface area (Å²) in [6.07, 6.45) is 3.59. The maximum Gasteiger partial charge on any atom is 0.270 e. The Labute approximate surface area is 257 Å². The average molecular weight is 605 g/mol. The first-order valence-corrected chi connectivity index (χ1v) is 15.1. The number of anilines is 3. The Bertz CT molecular complexity index is 1510. The van der Waals surface area contributed by atoms with E-state index in [0.29, 0.717) is 28.4 Å². The summed E-state index contributed by atoms with van der Waals surface area (Å²) in [7, 11) is 3.35. The highest BCUT2D eigenvalue weighted by molar-refractivity contribution is 7.99. The number of hydrogen-bond acceptors (Lipinski definition) is 9. The molecule has 1 atom stereocenters. The van der Waals surface area contributed by atoms with E-state index in [1.54, 1.807) is 42.6 Å². The molecule has 0 unspecified atom stereocenters. The molecule has 3 aromatic rings. The number of carbonyl (C=O) groups is 2. The second kappa shape index (κ2) is 13.4. The SMILES string of the molecule is COc1c(NSC)cc(C(C)(C)C)cc1NC(=O)c1ccc(C)c(N2C=C(C(=O)N[C@H](CO)c3ccccc3)NN2C)c1. The summed E-state index contributed by atoms with van der Waals surface area (Å²) in [5, 5.41) is 19.2. The Morgan fingerprint density at radius 3 is 2.37 bits per heavy atom. The van der Waals surface area contributed by atoms with E-state index < -0.39 is 6.04 Å². The first-order chi connectivity index (χ1) is 20.5. The van der Waals surface area contributed by atoms with Crippen LogP contribution < -0.4 is 30.5 Å². The van der Waals surface area contributed by atoms with Crippen molar-refractivity contribution >= 4 is 40.8 Å². The molecule has 10 nitrogen and oxygen atoms in total. The molecule has 11 heteroatoms. The van der Waals surface area contributed by atoms with Gasteiger partial charge in [0.2, 0.25) is 0 Å². The molecule has 0 saturated carbocycles. The highest BCUT2D eigenvalue weighted by Gasteiger charge is 2.27. The van der Waals surface area contributed by atoms with E-state index in [0.717, 1.165) is 22.4 Å². The molecular weight excluding hydrogens is 564 g/mol. The lowest BCUT2D eigenvalue weighted by Gasteiger charge is -2.26. The Morgan fingerprint density at radius 1 is 1.05 bits per heavy atom. The van der Waals surface area contributed by atoms with Gasteiger partial charge in [-0.1, -0.05) is 69.1 Å². The molecule has 0 aliphatic carbocycles. The first-order valence-electron chi connectivity index (χ1n) is 13.9. The van der Waals surface area contributed by atoms with Crippen LogP contribution in [0.4, 0.5) is 17.1 Å². The van der Waals surface area contributed by atoms with E-state index in [2.05, 4.69) is 41.6 Å². The first kappa shape index (κ1) is 31.7. The van der Waals surface area contributed by atoms with Crippen molar-refractivity contribution in [3.63, 3.8) is 0 Å². The quantitative estimate of drug-likeness (QED) is 0.201. The second-order valence-corrected chi connectivity index (χ2v) is 11.9. The molecule has 5 N–H and O–H groups in total. The van der Waals surface area contributed by atoms with E-state index in [9.17, 15) is 14.7 Å². The molecule has 0 aromatic heterocycles. The Hall–Kier alpha value is -4.19. The minimum absolute atomic E-state index is 0.153. The molecule has 1 heterocycles. The van der Waals surface area contributed by atoms with Crippen molar-refractivity contribution in [3.8, 4) is 5.75 Å². The molecular formula is C32H40N6O4S. The van der Waals surface area contributed by atoms with Crippen molar-refractivity contribution < 1.29 is 19.4 Å². The highest BCUT2D eigenvalue weighted by atomic mass is 32.2. The fraction of sp³-hybridized carbons (Fsp3) is 0.312. The number of rotatable bonds is 10. The topological polar surface area (TPSA) is 118 Å². The molecule has 43 heavy (non-hydrogen) atoms. The van der Waals surface area contributed by atoms with Gasteiger partial charge < -0.3 is 25.2 Å². The molecule has 228 valence electrons. The maximum absolute atomic E-state index is 13.6. The number of methoxy groups -OCH3 is 1. The summed E-state index contributed by atoms with van der Waals surface area (Å²) in [4.78, 5) is 26.7. The summed E-state index contributed by atoms with van der Waals surface area (Å²) in [5.74, 6) is -0.128. The third-order valence-electron chi connectivity index (χ3n) is 7.13. The number of aryl methyl sites for hydroxylation is 1. The van der Waals surface area contributed by atoms with Gasteiger partial charge in [0.15, 0.2) is 5.75 Å². The summed E-state index contributed by atoms with van der Waals surface area (Å²) in [5.41, 5.74) is 8.44. The van der Waals surface area contributed by atoms with Crippen molar-refractivity contribution in [2.75, 3.05) is 42.1 Å². The highest BCUT2D eigenvalue weighted by Crippen LogP contribution is 2.40. The summed E-state index contributed by atoms with van der Waals surface area (Å²) < 4.78 is 8.95. The Morgan fingerprint density at radius 2 is 1.74 bits per heavy atom. The predicted octanol–water partition coefficient (Wildman–Crippen LogP) is 5.11. The number of hydrogen-bond donors (Lipinski definition) is 5. The number of benzene rings is 3. The van der Waals surface area contributed by atoms with E-state index >= 15 is 0 Å². The van der Waals surface area contributed by atoms with Crippen molar-refractivity contribution in [1.82, 2.24) is 15.9 Å². The smallest absolute Gasteiger partial charge is 0.270 e. The van der Waals surface area contributed by atoms with Gasteiger partial charge in [-0.15, -0.1) is 5.12 Å². The van der Waals surface area contributed by atoms with Gasteiger partial charge in [-0.3, -0.25) is 20.0 Å². The number of aliphatic hydroxyl groups excluding tert-OH is 1. The predicted molar refractivity (Wildman–Crippen MR) is 174 cm³/mol. The lowest BCUT2D eigenvalue weighted by Crippen LogP contribution is -2.42. The average Bonchev–Trinajstić information content (AvgIpc) is 3.37. The lowest BCUT2D eigenvalue weighted by molar-refractivity contribution is -0.119. The monoisotopic (exact) mass is 604 g/mol. The van der Waals surface area contributed by atoms with E-state index in [1.807, 2.05) is 61.7 Å². The van der Waals surface area contributed by atoms with Gasteiger partial charge in [-0.25, -0.2) is 0 Å². The van der Waals surface area contributed by atoms with Crippen LogP contribution in [0.3, 0.4) is 0 Å². The fourth-order valence-electron chi connectivity index (χ4n) is 4.71. The van der Waals surface area contributed by atoms with Crippen LogP contribution in [0.15, 0.2) is 72.6 Å². The normalized spacial score (nSPS) is 14.0. The van der Waals surface area contributed by atoms with Gasteiger partial charge in [0, 0.05) is 18.9 Å². The number of aliphatic hydroxyl groups is 1. The van der Waals surface area contributed by atoms with Gasteiger partial charge in [0.25, 0.3) is 11.8 Å². The Kier molecular flexibility index (Phi) is 9.90. The number of carbonyl (C=O) groups excluding carboxylic acids is 2. The third kappa shape index (κ3) is 7.24. The van der Waals surface area contributed by atoms with Crippen molar-refractivity contribution in [2.24, 2.45) is 0 Å². The van der Waals surface area contributed by atoms with Crippen molar-refractivity contribution in [3.05, 3.63) is 94.8 Å². The largest absolute Gasteiger partial charge is 0.492 e. The number of hydrazine groups is 2. The van der Waals surface area contributed by atoms with E-state index in [-0.39, 0.29) is 23.8 Å². The number of nitrogens with one attached hydrogen (secondary N) is 4. The van der Waals surface area contributed by atoms with Gasteiger partial charge in [0.05, 0.1) is 43.0 Å². The third-order valence-corrected chi connectivity index (χ3v) is 7.55. The fourth-order valence-corrected chi connectivity index (χ4v) is 5.09. The van der Waals surface area contributed by atoms with Crippen LogP contribution in [0, 0.1) is 6.92 Å². The molecule has 3 aromatic carbocycles. The van der Waals surface area contributed by atoms with Crippen molar-refractivity contribution in [2.45, 2.75) is 39.2 Å². The lowest BCUT2D eigenvalue weighted by atomic mass is 9.86. The molecule has 2 amide bonds. The van der Waals surface area contributed by atoms with Crippen LogP contribution in [0.1, 0.15) is 53.9 Å². The molecule has 0 bridgehead atoms. The zero-order valence-corrected chi connectivity index (χ0v) is 26.4. The van der Waals surface area contributed by atoms with Crippen LogP contribution in [0.2, 0.25) is 0 Å². The molecule has 1 aliphatic rings. The van der Waals surface area contributed by atoms with Gasteiger partial charge >= 0.3 is 0 Å². The minimum Gasteiger partial charge on any atom is -0.492 e. The molecule has 0 saturated heterocycles. The van der Waals surface area contributed by atoms with E-state index in [4.69, 9.17) is 4.74 Å². The van der Waals surface area contributed by atoms with Crippen LogP contribution in [-0.4, -0.2) is 49.1 Å². The van der Waals surface area contributed by atoms with E-state index in [1.165, 1.54) is 11.9 Å². The minimum atomic E-state index is -0.551. The number of nitrogens with zero attached hydrogens (tertiary/aromatic N) is 2. The van der Waals surface area contributed by atoms with Crippen molar-refractivity contribution in [1.29, 1.82) is 0 Å². The standard InChI is InChI=1S/C32H40N6O4S/c1-20-13-14-22(30(40)33-24-16-23(32(2,3)4)17-25(36-43-7)29(24)42-6)15-28(20)38-18-26(35-37(38)5)31(41)34-27(19-39)21-11-9-8-10-12-21/h8-18,27,35-36,39H,19H2,1-7H3,(H,33,40)(H,34,41)/t27-/m1/s1. The van der Waals surface area contributed by atoms with Crippen LogP contribution in [0.25, 0.3) is 0 Å². The zero-order valence-electron chi connectivity index (χ0n) is 25.6. The van der Waals surface area contributed by atoms with Crippen LogP contribution >= 0.6 is 11.9 Å². The number of amides is 2. The molecule has 0 radical (unpaired) electrons. The molecule has 1 aliphatic heterocycles. The van der Waals surface area contributed by atoms with Crippen LogP contribution in [0.5, 0.6) is 5.75 Å². The van der Waals surface area contributed by atoms with Crippen LogP contribution in [-0.2, 0) is 10.2 Å². The summed E-state index contributed by atoms with van der Waals surface area (Å²) in [6.45, 7) is 8.04. The molecule has 4 rings (SSSR count). The molecule has 0 spiro atoms. The number of ether oxygens (including phenoxy) is 1. The van der Waals surface area contributed by atoms with Gasteiger partial charge in [-0.2, -0.15) is 0 Å². The van der Waals surface area contributed by atoms with Gasteiger partial charge in [0.1, 0.15) is 5.70 Å². The zero-order chi connectivity index (χ0) is 31.3. The maximum atomic E-state index is 13.6. The molecule has 0 fully saturated rings. The second-order valence-electron chi connectivity index (χ2n) is 11.3. The summed E-state index contributed by atoms with van der Waals surface area (Å²) in [6, 6.07) is 18.1. The Balaban J connectivity index is 1.59. The van der Waals surface area contributed by atoms with Gasteiger partial charge in [-0.05, 0) is 53.3 Å².